The Morgan fingerprint density at radius 1 is 1.12 bits per heavy atom. The summed E-state index contributed by atoms with van der Waals surface area (Å²) in [5.41, 5.74) is 0. The predicted molar refractivity (Wildman–Crippen MR) is 71.7 cm³/mol. The third kappa shape index (κ3) is 8.46. The van der Waals surface area contributed by atoms with Crippen LogP contribution >= 0.6 is 0 Å². The number of aliphatic hydroxyl groups excluding tert-OH is 1. The van der Waals surface area contributed by atoms with Crippen molar-refractivity contribution in [3.63, 3.8) is 0 Å². The Morgan fingerprint density at radius 2 is 1.88 bits per heavy atom. The van der Waals surface area contributed by atoms with Gasteiger partial charge in [-0.25, -0.2) is 0 Å². The van der Waals surface area contributed by atoms with E-state index in [0.29, 0.717) is 13.1 Å². The van der Waals surface area contributed by atoms with Crippen molar-refractivity contribution in [3.05, 3.63) is 37.5 Å². The summed E-state index contributed by atoms with van der Waals surface area (Å²) in [7, 11) is 0. The molecule has 17 heavy (non-hydrogen) atoms. The maximum atomic E-state index is 11.4. The molecule has 0 unspecified atom stereocenters. The highest BCUT2D eigenvalue weighted by Gasteiger charge is 2.04. The summed E-state index contributed by atoms with van der Waals surface area (Å²) in [6.07, 6.45) is 11.1. The van der Waals surface area contributed by atoms with Gasteiger partial charge in [0.1, 0.15) is 0 Å². The largest absolute Gasteiger partial charge is 0.396 e. The third-order valence-corrected chi connectivity index (χ3v) is 2.36. The van der Waals surface area contributed by atoms with Crippen molar-refractivity contribution in [2.75, 3.05) is 19.7 Å². The van der Waals surface area contributed by atoms with Crippen molar-refractivity contribution in [2.45, 2.75) is 25.7 Å². The Balaban J connectivity index is 3.79. The fraction of sp³-hybridized carbons (Fsp3) is 0.500. The molecule has 0 bridgehead atoms. The fourth-order valence-electron chi connectivity index (χ4n) is 1.41. The average Bonchev–Trinajstić information content (AvgIpc) is 2.35. The molecule has 0 saturated heterocycles. The molecule has 96 valence electrons. The normalized spacial score (nSPS) is 10.4. The van der Waals surface area contributed by atoms with Crippen molar-refractivity contribution in [3.8, 4) is 0 Å². The first-order valence-electron chi connectivity index (χ1n) is 6.04. The zero-order valence-corrected chi connectivity index (χ0v) is 10.5. The van der Waals surface area contributed by atoms with Crippen molar-refractivity contribution in [2.24, 2.45) is 0 Å². The summed E-state index contributed by atoms with van der Waals surface area (Å²) in [5, 5.41) is 8.61. The zero-order chi connectivity index (χ0) is 12.9. The molecule has 0 radical (unpaired) electrons. The van der Waals surface area contributed by atoms with Crippen molar-refractivity contribution < 1.29 is 9.90 Å². The van der Waals surface area contributed by atoms with E-state index in [-0.39, 0.29) is 12.5 Å². The van der Waals surface area contributed by atoms with Crippen LogP contribution in [0.25, 0.3) is 0 Å². The fourth-order valence-corrected chi connectivity index (χ4v) is 1.41. The highest BCUT2D eigenvalue weighted by atomic mass is 16.2. The van der Waals surface area contributed by atoms with Gasteiger partial charge in [-0.15, -0.1) is 6.58 Å². The standard InChI is InChI=1S/C14H23NO2/c1-3-11-15(14(17)4-2)12-9-7-5-6-8-10-13-16/h3-4,7,9,16H,1-2,5-6,8,10-13H2/b9-7+. The zero-order valence-electron chi connectivity index (χ0n) is 10.5. The van der Waals surface area contributed by atoms with Crippen LogP contribution in [-0.2, 0) is 4.79 Å². The molecular formula is C14H23NO2. The van der Waals surface area contributed by atoms with Crippen LogP contribution in [0.5, 0.6) is 0 Å². The monoisotopic (exact) mass is 237 g/mol. The first-order valence-corrected chi connectivity index (χ1v) is 6.04. The predicted octanol–water partition coefficient (Wildman–Crippen LogP) is 2.30. The number of unbranched alkanes of at least 4 members (excludes halogenated alkanes) is 3. The summed E-state index contributed by atoms with van der Waals surface area (Å²) in [6.45, 7) is 8.49. The number of amides is 1. The highest BCUT2D eigenvalue weighted by Crippen LogP contribution is 2.00. The van der Waals surface area contributed by atoms with Crippen molar-refractivity contribution in [1.82, 2.24) is 4.90 Å². The minimum absolute atomic E-state index is 0.0742. The molecule has 0 aromatic rings. The van der Waals surface area contributed by atoms with E-state index in [1.165, 1.54) is 6.08 Å². The summed E-state index contributed by atoms with van der Waals surface area (Å²) in [5.74, 6) is -0.0742. The molecule has 1 amide bonds. The topological polar surface area (TPSA) is 40.5 Å². The van der Waals surface area contributed by atoms with E-state index in [2.05, 4.69) is 19.2 Å². The van der Waals surface area contributed by atoms with Gasteiger partial charge in [-0.1, -0.05) is 31.2 Å². The Kier molecular flexibility index (Phi) is 10.3. The SMILES string of the molecule is C=CCN(C/C=C/CCCCCO)C(=O)C=C. The van der Waals surface area contributed by atoms with E-state index in [1.807, 2.05) is 6.08 Å². The van der Waals surface area contributed by atoms with Crippen molar-refractivity contribution >= 4 is 5.91 Å². The van der Waals surface area contributed by atoms with Crippen LogP contribution in [-0.4, -0.2) is 35.6 Å². The number of carbonyl (C=O) groups is 1. The van der Waals surface area contributed by atoms with Crippen LogP contribution < -0.4 is 0 Å². The van der Waals surface area contributed by atoms with Gasteiger partial charge in [-0.3, -0.25) is 4.79 Å². The molecule has 0 fully saturated rings. The smallest absolute Gasteiger partial charge is 0.246 e. The molecule has 0 aliphatic rings. The first-order chi connectivity index (χ1) is 8.26. The number of hydrogen-bond donors (Lipinski definition) is 1. The third-order valence-electron chi connectivity index (χ3n) is 2.36. The van der Waals surface area contributed by atoms with Gasteiger partial charge in [0.25, 0.3) is 0 Å². The minimum atomic E-state index is -0.0742. The molecule has 0 heterocycles. The van der Waals surface area contributed by atoms with Crippen LogP contribution in [0, 0.1) is 0 Å². The van der Waals surface area contributed by atoms with E-state index in [4.69, 9.17) is 5.11 Å². The lowest BCUT2D eigenvalue weighted by atomic mass is 10.2. The molecular weight excluding hydrogens is 214 g/mol. The lowest BCUT2D eigenvalue weighted by Crippen LogP contribution is -2.29. The lowest BCUT2D eigenvalue weighted by molar-refractivity contribution is -0.125. The minimum Gasteiger partial charge on any atom is -0.396 e. The maximum Gasteiger partial charge on any atom is 0.246 e. The van der Waals surface area contributed by atoms with Gasteiger partial charge in [0.05, 0.1) is 0 Å². The van der Waals surface area contributed by atoms with Gasteiger partial charge in [0.15, 0.2) is 0 Å². The highest BCUT2D eigenvalue weighted by molar-refractivity contribution is 5.87. The number of nitrogens with zero attached hydrogens (tertiary/aromatic N) is 1. The maximum absolute atomic E-state index is 11.4. The lowest BCUT2D eigenvalue weighted by Gasteiger charge is -2.16. The van der Waals surface area contributed by atoms with E-state index >= 15 is 0 Å². The molecule has 0 atom stereocenters. The second kappa shape index (κ2) is 11.1. The quantitative estimate of drug-likeness (QED) is 0.360. The molecule has 3 heteroatoms. The number of rotatable bonds is 10. The Morgan fingerprint density at radius 3 is 2.47 bits per heavy atom. The molecule has 0 saturated carbocycles. The van der Waals surface area contributed by atoms with Gasteiger partial charge in [0.2, 0.25) is 5.91 Å². The average molecular weight is 237 g/mol. The Bertz CT molecular complexity index is 259. The molecule has 0 aromatic carbocycles. The van der Waals surface area contributed by atoms with Crippen LogP contribution in [0.4, 0.5) is 0 Å². The number of allylic oxidation sites excluding steroid dienone is 1. The number of hydrogen-bond acceptors (Lipinski definition) is 2. The van der Waals surface area contributed by atoms with E-state index < -0.39 is 0 Å². The summed E-state index contributed by atoms with van der Waals surface area (Å²) in [6, 6.07) is 0. The van der Waals surface area contributed by atoms with Crippen LogP contribution in [0.15, 0.2) is 37.5 Å². The van der Waals surface area contributed by atoms with Crippen LogP contribution in [0.1, 0.15) is 25.7 Å². The van der Waals surface area contributed by atoms with E-state index in [9.17, 15) is 4.79 Å². The Hall–Kier alpha value is -1.35. The first kappa shape index (κ1) is 15.7. The van der Waals surface area contributed by atoms with Gasteiger partial charge in [-0.05, 0) is 25.3 Å². The number of aliphatic hydroxyl groups is 1. The van der Waals surface area contributed by atoms with Gasteiger partial charge < -0.3 is 10.0 Å². The summed E-state index contributed by atoms with van der Waals surface area (Å²) < 4.78 is 0. The second-order valence-corrected chi connectivity index (χ2v) is 3.78. The van der Waals surface area contributed by atoms with E-state index in [1.54, 1.807) is 11.0 Å². The van der Waals surface area contributed by atoms with E-state index in [0.717, 1.165) is 25.7 Å². The van der Waals surface area contributed by atoms with Gasteiger partial charge in [0, 0.05) is 19.7 Å². The molecule has 1 N–H and O–H groups in total. The molecule has 0 aliphatic carbocycles. The molecule has 3 nitrogen and oxygen atoms in total. The second-order valence-electron chi connectivity index (χ2n) is 3.78. The summed E-state index contributed by atoms with van der Waals surface area (Å²) >= 11 is 0. The van der Waals surface area contributed by atoms with Crippen LogP contribution in [0.2, 0.25) is 0 Å². The van der Waals surface area contributed by atoms with Gasteiger partial charge >= 0.3 is 0 Å². The molecule has 0 aliphatic heterocycles. The van der Waals surface area contributed by atoms with Crippen molar-refractivity contribution in [1.29, 1.82) is 0 Å². The molecule has 0 spiro atoms. The molecule has 0 aromatic heterocycles. The Labute approximate surface area is 104 Å². The van der Waals surface area contributed by atoms with Gasteiger partial charge in [-0.2, -0.15) is 0 Å². The summed E-state index contributed by atoms with van der Waals surface area (Å²) in [4.78, 5) is 13.1. The van der Waals surface area contributed by atoms with Crippen LogP contribution in [0.3, 0.4) is 0 Å². The molecule has 0 rings (SSSR count). The number of carbonyl (C=O) groups excluding carboxylic acids is 1.